The van der Waals surface area contributed by atoms with E-state index in [1.807, 2.05) is 4.90 Å². The van der Waals surface area contributed by atoms with Crippen LogP contribution in [0.2, 0.25) is 5.02 Å². The van der Waals surface area contributed by atoms with Gasteiger partial charge in [0.1, 0.15) is 5.82 Å². The van der Waals surface area contributed by atoms with Gasteiger partial charge in [0, 0.05) is 11.6 Å². The molecule has 0 radical (unpaired) electrons. The monoisotopic (exact) mass is 269 g/mol. The summed E-state index contributed by atoms with van der Waals surface area (Å²) in [5.74, 6) is 0.107. The largest absolute Gasteiger partial charge is 0.370 e. The van der Waals surface area contributed by atoms with Crippen LogP contribution in [0.25, 0.3) is 0 Å². The molecular weight excluding hydrogens is 253 g/mol. The maximum absolute atomic E-state index is 14.1. The third-order valence-electron chi connectivity index (χ3n) is 3.43. The fourth-order valence-electron chi connectivity index (χ4n) is 2.26. The van der Waals surface area contributed by atoms with Crippen LogP contribution in [0.3, 0.4) is 0 Å². The summed E-state index contributed by atoms with van der Waals surface area (Å²) >= 11 is 5.83. The van der Waals surface area contributed by atoms with Gasteiger partial charge in [-0.2, -0.15) is 0 Å². The van der Waals surface area contributed by atoms with E-state index < -0.39 is 0 Å². The maximum Gasteiger partial charge on any atom is 0.192 e. The molecule has 98 valence electrons. The summed E-state index contributed by atoms with van der Waals surface area (Å²) in [6, 6.07) is 5.12. The highest BCUT2D eigenvalue weighted by molar-refractivity contribution is 6.30. The quantitative estimate of drug-likeness (QED) is 0.917. The second-order valence-electron chi connectivity index (χ2n) is 4.52. The molecule has 2 N–H and O–H groups in total. The van der Waals surface area contributed by atoms with Gasteiger partial charge in [-0.3, -0.25) is 4.99 Å². The van der Waals surface area contributed by atoms with Gasteiger partial charge >= 0.3 is 0 Å². The molecule has 1 aliphatic rings. The van der Waals surface area contributed by atoms with Gasteiger partial charge in [0.25, 0.3) is 0 Å². The first kappa shape index (κ1) is 13.1. The first-order valence-electron chi connectivity index (χ1n) is 6.08. The van der Waals surface area contributed by atoms with Crippen LogP contribution in [0.1, 0.15) is 31.9 Å². The number of nitrogens with two attached hydrogens (primary N) is 1. The fraction of sp³-hybridized carbons (Fsp3) is 0.462. The first-order chi connectivity index (χ1) is 8.56. The second kappa shape index (κ2) is 5.14. The Kier molecular flexibility index (Phi) is 3.76. The van der Waals surface area contributed by atoms with Crippen LogP contribution < -0.4 is 5.73 Å². The summed E-state index contributed by atoms with van der Waals surface area (Å²) in [6.45, 7) is 4.61. The molecule has 1 heterocycles. The Hall–Kier alpha value is -1.29. The molecular formula is C13H17ClFN3. The summed E-state index contributed by atoms with van der Waals surface area (Å²) in [6.07, 6.45) is 0.926. The van der Waals surface area contributed by atoms with Crippen LogP contribution in [0.5, 0.6) is 0 Å². The van der Waals surface area contributed by atoms with Gasteiger partial charge in [0.15, 0.2) is 5.96 Å². The zero-order valence-corrected chi connectivity index (χ0v) is 11.3. The Morgan fingerprint density at radius 3 is 3.00 bits per heavy atom. The van der Waals surface area contributed by atoms with Gasteiger partial charge in [-0.05, 0) is 19.4 Å². The lowest BCUT2D eigenvalue weighted by Gasteiger charge is -2.32. The Labute approximate surface area is 111 Å². The van der Waals surface area contributed by atoms with Crippen LogP contribution >= 0.6 is 11.6 Å². The van der Waals surface area contributed by atoms with E-state index in [0.29, 0.717) is 18.1 Å². The van der Waals surface area contributed by atoms with Gasteiger partial charge in [-0.25, -0.2) is 4.39 Å². The fourth-order valence-corrected chi connectivity index (χ4v) is 2.45. The lowest BCUT2D eigenvalue weighted by Crippen LogP contribution is -2.42. The highest BCUT2D eigenvalue weighted by Gasteiger charge is 2.32. The van der Waals surface area contributed by atoms with Crippen molar-refractivity contribution >= 4 is 17.6 Å². The Morgan fingerprint density at radius 2 is 2.33 bits per heavy atom. The normalized spacial score (nSPS) is 21.0. The molecule has 0 amide bonds. The summed E-state index contributed by atoms with van der Waals surface area (Å²) < 4.78 is 14.1. The highest BCUT2D eigenvalue weighted by Crippen LogP contribution is 2.32. The third-order valence-corrected chi connectivity index (χ3v) is 3.72. The maximum atomic E-state index is 14.1. The minimum atomic E-state index is -0.373. The average molecular weight is 270 g/mol. The SMILES string of the molecule is CCC(C)N1C(N)=NCC1c1cccc(Cl)c1F. The van der Waals surface area contributed by atoms with Crippen molar-refractivity contribution in [3.63, 3.8) is 0 Å². The lowest BCUT2D eigenvalue weighted by atomic mass is 10.0. The molecule has 2 unspecified atom stereocenters. The number of benzene rings is 1. The summed E-state index contributed by atoms with van der Waals surface area (Å²) in [5.41, 5.74) is 6.45. The van der Waals surface area contributed by atoms with Crippen molar-refractivity contribution in [2.24, 2.45) is 10.7 Å². The van der Waals surface area contributed by atoms with E-state index in [9.17, 15) is 4.39 Å². The van der Waals surface area contributed by atoms with Gasteiger partial charge in [0.05, 0.1) is 17.6 Å². The van der Waals surface area contributed by atoms with Crippen molar-refractivity contribution in [1.82, 2.24) is 4.90 Å². The van der Waals surface area contributed by atoms with Crippen molar-refractivity contribution in [2.75, 3.05) is 6.54 Å². The Balaban J connectivity index is 2.36. The minimum Gasteiger partial charge on any atom is -0.370 e. The topological polar surface area (TPSA) is 41.6 Å². The number of rotatable bonds is 3. The summed E-state index contributed by atoms with van der Waals surface area (Å²) in [4.78, 5) is 6.19. The molecule has 1 aliphatic heterocycles. The predicted octanol–water partition coefficient (Wildman–Crippen LogP) is 2.95. The van der Waals surface area contributed by atoms with E-state index in [1.54, 1.807) is 18.2 Å². The predicted molar refractivity (Wildman–Crippen MR) is 72.2 cm³/mol. The second-order valence-corrected chi connectivity index (χ2v) is 4.93. The molecule has 2 atom stereocenters. The van der Waals surface area contributed by atoms with Gasteiger partial charge in [-0.1, -0.05) is 30.7 Å². The molecule has 0 aromatic heterocycles. The van der Waals surface area contributed by atoms with Crippen LogP contribution in [0.15, 0.2) is 23.2 Å². The minimum absolute atomic E-state index is 0.141. The smallest absolute Gasteiger partial charge is 0.192 e. The van der Waals surface area contributed by atoms with Crippen LogP contribution in [-0.4, -0.2) is 23.4 Å². The van der Waals surface area contributed by atoms with Crippen LogP contribution in [-0.2, 0) is 0 Å². The van der Waals surface area contributed by atoms with Crippen molar-refractivity contribution in [3.05, 3.63) is 34.6 Å². The van der Waals surface area contributed by atoms with E-state index in [4.69, 9.17) is 17.3 Å². The highest BCUT2D eigenvalue weighted by atomic mass is 35.5. The molecule has 0 spiro atoms. The number of hydrogen-bond donors (Lipinski definition) is 1. The standard InChI is InChI=1S/C13H17ClFN3/c1-3-8(2)18-11(7-17-13(18)16)9-5-4-6-10(14)12(9)15/h4-6,8,11H,3,7H2,1-2H3,(H2,16,17). The molecule has 18 heavy (non-hydrogen) atoms. The van der Waals surface area contributed by atoms with Gasteiger partial charge < -0.3 is 10.6 Å². The van der Waals surface area contributed by atoms with E-state index in [1.165, 1.54) is 0 Å². The summed E-state index contributed by atoms with van der Waals surface area (Å²) in [5, 5.41) is 0.141. The number of hydrogen-bond acceptors (Lipinski definition) is 3. The number of guanidine groups is 1. The van der Waals surface area contributed by atoms with E-state index >= 15 is 0 Å². The molecule has 2 rings (SSSR count). The lowest BCUT2D eigenvalue weighted by molar-refractivity contribution is 0.263. The van der Waals surface area contributed by atoms with E-state index in [0.717, 1.165) is 6.42 Å². The molecule has 0 saturated heterocycles. The number of nitrogens with zero attached hydrogens (tertiary/aromatic N) is 2. The molecule has 1 aromatic carbocycles. The molecule has 0 aliphatic carbocycles. The molecule has 0 saturated carbocycles. The number of aliphatic imine (C=N–C) groups is 1. The zero-order valence-electron chi connectivity index (χ0n) is 10.5. The van der Waals surface area contributed by atoms with Crippen molar-refractivity contribution in [1.29, 1.82) is 0 Å². The number of halogens is 2. The van der Waals surface area contributed by atoms with Crippen molar-refractivity contribution in [3.8, 4) is 0 Å². The zero-order chi connectivity index (χ0) is 13.3. The molecule has 5 heteroatoms. The molecule has 0 fully saturated rings. The van der Waals surface area contributed by atoms with Crippen LogP contribution in [0, 0.1) is 5.82 Å². The summed E-state index contributed by atoms with van der Waals surface area (Å²) in [7, 11) is 0. The molecule has 0 bridgehead atoms. The van der Waals surface area contributed by atoms with Gasteiger partial charge in [-0.15, -0.1) is 0 Å². The Morgan fingerprint density at radius 1 is 1.61 bits per heavy atom. The molecule has 1 aromatic rings. The molecule has 3 nitrogen and oxygen atoms in total. The van der Waals surface area contributed by atoms with Crippen LogP contribution in [0.4, 0.5) is 4.39 Å². The average Bonchev–Trinajstić information content (AvgIpc) is 2.73. The van der Waals surface area contributed by atoms with Crippen molar-refractivity contribution < 1.29 is 4.39 Å². The van der Waals surface area contributed by atoms with E-state index in [2.05, 4.69) is 18.8 Å². The van der Waals surface area contributed by atoms with Gasteiger partial charge in [0.2, 0.25) is 0 Å². The van der Waals surface area contributed by atoms with Crippen molar-refractivity contribution in [2.45, 2.75) is 32.4 Å². The third kappa shape index (κ3) is 2.17. The Bertz CT molecular complexity index is 475. The van der Waals surface area contributed by atoms with E-state index in [-0.39, 0.29) is 22.9 Å². The first-order valence-corrected chi connectivity index (χ1v) is 6.46.